The minimum absolute atomic E-state index is 0.0108. The van der Waals surface area contributed by atoms with E-state index < -0.39 is 144 Å². The highest BCUT2D eigenvalue weighted by atomic mass is 35.5. The number of aromatic hydroxyl groups is 1. The topological polar surface area (TPSA) is 554 Å². The first-order valence-corrected chi connectivity index (χ1v) is 39.4. The third-order valence-electron chi connectivity index (χ3n) is 18.6. The van der Waals surface area contributed by atoms with E-state index in [1.165, 1.54) is 43.0 Å². The molecule has 2 heterocycles. The number of unbranched alkanes of at least 4 members (excludes halogenated alkanes) is 1. The molecule has 22 N–H and O–H groups in total. The predicted molar refractivity (Wildman–Crippen MR) is 445 cm³/mol. The molecule has 11 amide bonds. The van der Waals surface area contributed by atoms with Gasteiger partial charge in [-0.2, -0.15) is 0 Å². The van der Waals surface area contributed by atoms with Gasteiger partial charge in [0.2, 0.25) is 65.0 Å². The average molecular weight is 1660 g/mol. The van der Waals surface area contributed by atoms with Crippen molar-refractivity contribution >= 4 is 122 Å². The van der Waals surface area contributed by atoms with Crippen LogP contribution in [0.1, 0.15) is 129 Å². The van der Waals surface area contributed by atoms with Gasteiger partial charge in [0.1, 0.15) is 66.2 Å². The summed E-state index contributed by atoms with van der Waals surface area (Å²) in [6.45, 7) is 12.9. The van der Waals surface area contributed by atoms with Crippen molar-refractivity contribution in [3.05, 3.63) is 149 Å². The van der Waals surface area contributed by atoms with Gasteiger partial charge in [-0.3, -0.25) is 72.7 Å². The first-order valence-electron chi connectivity index (χ1n) is 39.1. The number of nitrogens with two attached hydrogens (primary N) is 2. The molecule has 0 unspecified atom stereocenters. The summed E-state index contributed by atoms with van der Waals surface area (Å²) in [5.74, 6) is -10.6. The summed E-state index contributed by atoms with van der Waals surface area (Å²) in [6, 6.07) is 18.9. The van der Waals surface area contributed by atoms with Gasteiger partial charge in [-0.1, -0.05) is 110 Å². The number of aliphatic carboxylic acids is 2. The number of nitrogens with zero attached hydrogens (tertiary/aromatic N) is 2. The van der Waals surface area contributed by atoms with E-state index in [2.05, 4.69) is 73.8 Å². The molecule has 5 aromatic carbocycles. The van der Waals surface area contributed by atoms with Gasteiger partial charge in [0.15, 0.2) is 11.9 Å². The van der Waals surface area contributed by atoms with Gasteiger partial charge in [0.05, 0.1) is 6.61 Å². The van der Waals surface area contributed by atoms with Gasteiger partial charge in [0.25, 0.3) is 11.9 Å². The maximum Gasteiger partial charge on any atom is 0.300 e. The lowest BCUT2D eigenvalue weighted by atomic mass is 9.97. The van der Waals surface area contributed by atoms with Crippen molar-refractivity contribution in [2.75, 3.05) is 39.3 Å². The number of carbonyl (C=O) groups is 13. The molecule has 7 rings (SSSR count). The van der Waals surface area contributed by atoms with E-state index in [1.54, 1.807) is 62.5 Å². The molecule has 1 saturated heterocycles. The number of aliphatic imine (C=N–C) groups is 1. The standard InChI is InChI=1S/C78H105ClN18O13.2C2H4O2/c1-7-83-78(84-8-2)86-35-14-13-24-58(68(102)92-60(38-45(3)4)69(103)91-59(25-16-36-85-77(81)82)76(110)97-37-17-26-66(97)75(109)88-46(5)67(80)101)90-70(104)61(40-49-29-33-54(100)34-30-49)94-74(108)65(44-98)96-73(107)64(42-52-43-87-57-23-12-11-22-56(52)57)95-71(105)62(39-48-27-31-53(79)32-28-48)93-72(106)63(89-47(6)99)41-51-20-15-19-50-18-9-10-21-55(50)51;2*1-2(3)4/h9-12,15,18-23,27-34,43,45-46,58-66,87,98,100H,7-8,13-14,16-17,24-26,35-42,44H2,1-6H3,(H2,80,101)(H,88,109)(H,89,99)(H,90,104)(H,91,103)(H,92,102)(H,93,106)(H,94,108)(H,95,105)(H,96,107)(H4,81,82,85)(H2,83,84,86);2*1H3,(H,3,4)/t46-,58-,59+,60+,61+,62-,63+,64-,65+,66+;;/m1../s1. The fourth-order valence-corrected chi connectivity index (χ4v) is 13.1. The van der Waals surface area contributed by atoms with Crippen LogP contribution < -0.4 is 75.3 Å². The normalized spacial score (nSPS) is 14.6. The lowest BCUT2D eigenvalue weighted by molar-refractivity contribution is -0.142. The Morgan fingerprint density at radius 2 is 1.03 bits per heavy atom. The molecule has 0 aliphatic carbocycles. The minimum atomic E-state index is -1.83. The van der Waals surface area contributed by atoms with Gasteiger partial charge in [-0.15, -0.1) is 0 Å². The maximum absolute atomic E-state index is 15.2. The minimum Gasteiger partial charge on any atom is -0.508 e. The van der Waals surface area contributed by atoms with Crippen LogP contribution in [0.25, 0.3) is 21.7 Å². The number of aromatic amines is 1. The Kier molecular flexibility index (Phi) is 40.3. The number of aliphatic hydroxyl groups is 1. The van der Waals surface area contributed by atoms with Crippen LogP contribution >= 0.6 is 11.6 Å². The zero-order valence-corrected chi connectivity index (χ0v) is 68.4. The fraction of sp³-hybridized carbons (Fsp3) is 0.451. The summed E-state index contributed by atoms with van der Waals surface area (Å²) >= 11 is 6.29. The van der Waals surface area contributed by atoms with Crippen molar-refractivity contribution in [3.63, 3.8) is 0 Å². The van der Waals surface area contributed by atoms with E-state index in [0.717, 1.165) is 30.2 Å². The van der Waals surface area contributed by atoms with E-state index in [0.29, 0.717) is 71.1 Å². The molecule has 0 spiro atoms. The van der Waals surface area contributed by atoms with Crippen molar-refractivity contribution in [1.29, 1.82) is 5.41 Å². The Morgan fingerprint density at radius 3 is 1.60 bits per heavy atom. The number of aliphatic hydroxyl groups excluding tert-OH is 1. The molecule has 36 heteroatoms. The lowest BCUT2D eigenvalue weighted by Gasteiger charge is -2.31. The average Bonchev–Trinajstić information content (AvgIpc) is 1.66. The number of fused-ring (bicyclic) bond motifs is 2. The van der Waals surface area contributed by atoms with Crippen LogP contribution in [0.2, 0.25) is 5.02 Å². The van der Waals surface area contributed by atoms with E-state index in [1.807, 2.05) is 62.4 Å². The van der Waals surface area contributed by atoms with Gasteiger partial charge in [0, 0.05) is 101 Å². The van der Waals surface area contributed by atoms with Crippen LogP contribution in [-0.4, -0.2) is 219 Å². The van der Waals surface area contributed by atoms with E-state index in [9.17, 15) is 43.8 Å². The highest BCUT2D eigenvalue weighted by molar-refractivity contribution is 6.30. The molecule has 0 radical (unpaired) electrons. The Balaban J connectivity index is 0.00000296. The maximum atomic E-state index is 15.2. The SMILES string of the molecule is CC(=O)O.CC(=O)O.CCN=C(NCC)NCCCC[C@@H](NC(=O)[C@H](Cc1ccc(O)cc1)NC(=O)[C@H](CO)NC(=O)[C@@H](Cc1c[nH]c2ccccc12)NC(=O)[C@@H](Cc1ccc(Cl)cc1)NC(=O)[C@H](Cc1cccc2ccccc12)NC(C)=O)C(=O)N[C@@H](CC(C)C)C(=O)N[C@@H](CCCNC(=N)N)C(=O)N1CCC[C@H]1C(=O)N[C@H](C)C(N)=O. The zero-order valence-electron chi connectivity index (χ0n) is 67.6. The van der Waals surface area contributed by atoms with Crippen LogP contribution in [0.3, 0.4) is 0 Å². The summed E-state index contributed by atoms with van der Waals surface area (Å²) in [7, 11) is 0. The Bertz CT molecular complexity index is 4410. The first-order chi connectivity index (χ1) is 56.1. The summed E-state index contributed by atoms with van der Waals surface area (Å²) in [4.78, 5) is 185. The highest BCUT2D eigenvalue weighted by Crippen LogP contribution is 2.25. The van der Waals surface area contributed by atoms with Crippen molar-refractivity contribution in [2.45, 2.75) is 193 Å². The summed E-state index contributed by atoms with van der Waals surface area (Å²) in [6.07, 6.45) is 2.58. The largest absolute Gasteiger partial charge is 0.508 e. The van der Waals surface area contributed by atoms with Crippen molar-refractivity contribution < 1.29 is 82.8 Å². The molecule has 6 aromatic rings. The quantitative estimate of drug-likeness (QED) is 0.0148. The van der Waals surface area contributed by atoms with Crippen molar-refractivity contribution in [3.8, 4) is 5.75 Å². The van der Waals surface area contributed by atoms with Crippen LogP contribution in [0, 0.1) is 11.3 Å². The molecular weight excluding hydrogens is 1540 g/mol. The number of nitrogens with one attached hydrogen (secondary N) is 14. The molecular formula is C82H113ClN18O17. The molecule has 0 bridgehead atoms. The highest BCUT2D eigenvalue weighted by Gasteiger charge is 2.41. The van der Waals surface area contributed by atoms with E-state index >= 15 is 19.2 Å². The first kappa shape index (κ1) is 96.2. The number of H-pyrrole nitrogens is 1. The number of carbonyl (C=O) groups excluding carboxylic acids is 11. The number of carboxylic acid groups (broad SMARTS) is 2. The van der Waals surface area contributed by atoms with Gasteiger partial charge in [-0.05, 0) is 141 Å². The number of hydrogen-bond donors (Lipinski definition) is 20. The number of benzene rings is 5. The number of hydrogen-bond acceptors (Lipinski definition) is 17. The number of primary amides is 1. The molecule has 1 aliphatic rings. The van der Waals surface area contributed by atoms with Gasteiger partial charge < -0.3 is 106 Å². The molecule has 0 saturated carbocycles. The number of aromatic nitrogens is 1. The van der Waals surface area contributed by atoms with Crippen molar-refractivity contribution in [2.24, 2.45) is 22.4 Å². The Morgan fingerprint density at radius 1 is 0.551 bits per heavy atom. The van der Waals surface area contributed by atoms with Crippen molar-refractivity contribution in [1.82, 2.24) is 73.7 Å². The van der Waals surface area contributed by atoms with Crippen LogP contribution in [0.15, 0.2) is 126 Å². The number of halogens is 1. The van der Waals surface area contributed by atoms with Gasteiger partial charge in [-0.25, -0.2) is 0 Å². The summed E-state index contributed by atoms with van der Waals surface area (Å²) in [5, 5.41) is 80.4. The lowest BCUT2D eigenvalue weighted by Crippen LogP contribution is -2.61. The summed E-state index contributed by atoms with van der Waals surface area (Å²) in [5.41, 5.74) is 13.9. The van der Waals surface area contributed by atoms with E-state index in [4.69, 9.17) is 48.3 Å². The van der Waals surface area contributed by atoms with Gasteiger partial charge >= 0.3 is 0 Å². The number of para-hydroxylation sites is 1. The fourth-order valence-electron chi connectivity index (χ4n) is 12.9. The smallest absolute Gasteiger partial charge is 0.300 e. The molecule has 1 fully saturated rings. The third kappa shape index (κ3) is 33.1. The molecule has 118 heavy (non-hydrogen) atoms. The summed E-state index contributed by atoms with van der Waals surface area (Å²) < 4.78 is 0. The Hall–Kier alpha value is -12.4. The molecule has 640 valence electrons. The number of amides is 11. The predicted octanol–water partition coefficient (Wildman–Crippen LogP) is 2.06. The second kappa shape index (κ2) is 49.5. The number of likely N-dealkylation sites (tertiary alicyclic amines) is 1. The molecule has 35 nitrogen and oxygen atoms in total. The monoisotopic (exact) mass is 1660 g/mol. The number of phenolic OH excluding ortho intramolecular Hbond substituents is 1. The van der Waals surface area contributed by atoms with Crippen LogP contribution in [-0.2, 0) is 88.0 Å². The van der Waals surface area contributed by atoms with Crippen LogP contribution in [0.4, 0.5) is 0 Å². The second-order valence-corrected chi connectivity index (χ2v) is 29.2. The second-order valence-electron chi connectivity index (χ2n) is 28.7. The molecule has 1 aromatic heterocycles. The number of rotatable bonds is 41. The third-order valence-corrected chi connectivity index (χ3v) is 18.9. The van der Waals surface area contributed by atoms with E-state index in [-0.39, 0.29) is 94.9 Å². The number of carboxylic acids is 2. The molecule has 1 aliphatic heterocycles. The number of phenols is 1. The molecule has 10 atom stereocenters. The number of guanidine groups is 2. The zero-order chi connectivity index (χ0) is 87.1. The van der Waals surface area contributed by atoms with Crippen LogP contribution in [0.5, 0.6) is 5.75 Å². The Labute approximate surface area is 689 Å².